The van der Waals surface area contributed by atoms with Crippen molar-refractivity contribution in [3.8, 4) is 11.5 Å². The number of anilines is 3. The first-order valence-corrected chi connectivity index (χ1v) is 12.5. The first-order chi connectivity index (χ1) is 18.0. The van der Waals surface area contributed by atoms with Gasteiger partial charge in [0.25, 0.3) is 5.91 Å². The molecule has 0 saturated carbocycles. The molecule has 1 aliphatic heterocycles. The molecule has 0 bridgehead atoms. The fourth-order valence-electron chi connectivity index (χ4n) is 4.38. The van der Waals surface area contributed by atoms with E-state index < -0.39 is 6.03 Å². The van der Waals surface area contributed by atoms with Crippen LogP contribution < -0.4 is 30.3 Å². The van der Waals surface area contributed by atoms with Crippen LogP contribution in [0.25, 0.3) is 0 Å². The van der Waals surface area contributed by atoms with Gasteiger partial charge in [0.05, 0.1) is 25.5 Å². The third-order valence-electron chi connectivity index (χ3n) is 6.58. The van der Waals surface area contributed by atoms with E-state index in [2.05, 4.69) is 27.8 Å². The van der Waals surface area contributed by atoms with Crippen LogP contribution in [0.2, 0.25) is 0 Å². The number of urea groups is 1. The summed E-state index contributed by atoms with van der Waals surface area (Å²) in [6, 6.07) is 20.0. The van der Waals surface area contributed by atoms with Crippen LogP contribution in [0.1, 0.15) is 35.7 Å². The highest BCUT2D eigenvalue weighted by atomic mass is 16.5. The summed E-state index contributed by atoms with van der Waals surface area (Å²) < 4.78 is 10.6. The molecule has 3 N–H and O–H groups in total. The zero-order valence-corrected chi connectivity index (χ0v) is 21.5. The second kappa shape index (κ2) is 12.2. The smallest absolute Gasteiger partial charge is 0.323 e. The highest BCUT2D eigenvalue weighted by Crippen LogP contribution is 2.31. The van der Waals surface area contributed by atoms with E-state index >= 15 is 0 Å². The van der Waals surface area contributed by atoms with Crippen molar-refractivity contribution in [3.05, 3.63) is 77.9 Å². The molecule has 3 amide bonds. The summed E-state index contributed by atoms with van der Waals surface area (Å²) in [6.45, 7) is 4.47. The lowest BCUT2D eigenvalue weighted by Gasteiger charge is -2.33. The maximum Gasteiger partial charge on any atom is 0.323 e. The SMILES string of the molecule is COc1ccc(NC(=O)Nc2ccc(N3CCC(C)CC3)c(C(=O)NCc3ccccc3)c2)c(OC)c1. The fourth-order valence-corrected chi connectivity index (χ4v) is 4.38. The Morgan fingerprint density at radius 2 is 1.68 bits per heavy atom. The molecule has 1 fully saturated rings. The fraction of sp³-hybridized carbons (Fsp3) is 0.310. The second-order valence-corrected chi connectivity index (χ2v) is 9.22. The van der Waals surface area contributed by atoms with E-state index in [1.807, 2.05) is 42.5 Å². The van der Waals surface area contributed by atoms with Gasteiger partial charge in [-0.2, -0.15) is 0 Å². The molecule has 8 nitrogen and oxygen atoms in total. The zero-order chi connectivity index (χ0) is 26.2. The van der Waals surface area contributed by atoms with Gasteiger partial charge < -0.3 is 30.3 Å². The van der Waals surface area contributed by atoms with Crippen molar-refractivity contribution in [2.24, 2.45) is 5.92 Å². The molecular weight excluding hydrogens is 468 g/mol. The number of hydrogen-bond donors (Lipinski definition) is 3. The number of rotatable bonds is 8. The molecule has 0 atom stereocenters. The Bertz CT molecular complexity index is 1220. The molecule has 8 heteroatoms. The summed E-state index contributed by atoms with van der Waals surface area (Å²) in [4.78, 5) is 28.4. The van der Waals surface area contributed by atoms with Crippen LogP contribution in [0.4, 0.5) is 21.9 Å². The van der Waals surface area contributed by atoms with Gasteiger partial charge in [-0.25, -0.2) is 4.79 Å². The summed E-state index contributed by atoms with van der Waals surface area (Å²) in [6.07, 6.45) is 2.16. The minimum atomic E-state index is -0.446. The monoisotopic (exact) mass is 502 g/mol. The molecule has 0 spiro atoms. The predicted molar refractivity (Wildman–Crippen MR) is 147 cm³/mol. The van der Waals surface area contributed by atoms with Gasteiger partial charge >= 0.3 is 6.03 Å². The van der Waals surface area contributed by atoms with Gasteiger partial charge in [-0.05, 0) is 54.7 Å². The van der Waals surface area contributed by atoms with Crippen LogP contribution >= 0.6 is 0 Å². The summed E-state index contributed by atoms with van der Waals surface area (Å²) in [5.41, 5.74) is 3.45. The van der Waals surface area contributed by atoms with Crippen LogP contribution in [0, 0.1) is 5.92 Å². The van der Waals surface area contributed by atoms with Crippen molar-refractivity contribution >= 4 is 29.0 Å². The van der Waals surface area contributed by atoms with E-state index in [1.165, 1.54) is 7.11 Å². The van der Waals surface area contributed by atoms with E-state index in [-0.39, 0.29) is 5.91 Å². The van der Waals surface area contributed by atoms with Gasteiger partial charge in [0.2, 0.25) is 0 Å². The van der Waals surface area contributed by atoms with E-state index in [4.69, 9.17) is 9.47 Å². The lowest BCUT2D eigenvalue weighted by atomic mass is 9.97. The van der Waals surface area contributed by atoms with Gasteiger partial charge in [0.15, 0.2) is 0 Å². The number of piperidine rings is 1. The maximum absolute atomic E-state index is 13.3. The van der Waals surface area contributed by atoms with Crippen LogP contribution in [0.15, 0.2) is 66.7 Å². The summed E-state index contributed by atoms with van der Waals surface area (Å²) in [5.74, 6) is 1.59. The third-order valence-corrected chi connectivity index (χ3v) is 6.58. The minimum Gasteiger partial charge on any atom is -0.497 e. The summed E-state index contributed by atoms with van der Waals surface area (Å²) >= 11 is 0. The van der Waals surface area contributed by atoms with E-state index in [0.717, 1.165) is 37.2 Å². The number of ether oxygens (including phenoxy) is 2. The molecule has 3 aromatic rings. The maximum atomic E-state index is 13.3. The normalized spacial score (nSPS) is 13.5. The van der Waals surface area contributed by atoms with Gasteiger partial charge in [-0.15, -0.1) is 0 Å². The number of nitrogens with one attached hydrogen (secondary N) is 3. The second-order valence-electron chi connectivity index (χ2n) is 9.22. The zero-order valence-electron chi connectivity index (χ0n) is 21.5. The molecule has 37 heavy (non-hydrogen) atoms. The van der Waals surface area contributed by atoms with Gasteiger partial charge in [0.1, 0.15) is 11.5 Å². The molecule has 0 unspecified atom stereocenters. The first-order valence-electron chi connectivity index (χ1n) is 12.5. The lowest BCUT2D eigenvalue weighted by molar-refractivity contribution is 0.0951. The van der Waals surface area contributed by atoms with Gasteiger partial charge in [-0.3, -0.25) is 4.79 Å². The number of carbonyl (C=O) groups excluding carboxylic acids is 2. The largest absolute Gasteiger partial charge is 0.497 e. The molecule has 4 rings (SSSR count). The van der Waals surface area contributed by atoms with Crippen molar-refractivity contribution < 1.29 is 19.1 Å². The molecule has 3 aromatic carbocycles. The number of amides is 3. The molecule has 1 saturated heterocycles. The number of benzene rings is 3. The molecular formula is C29H34N4O4. The van der Waals surface area contributed by atoms with Crippen LogP contribution in [-0.4, -0.2) is 39.2 Å². The molecule has 1 aliphatic rings. The Balaban J connectivity index is 1.52. The highest BCUT2D eigenvalue weighted by molar-refractivity contribution is 6.04. The topological polar surface area (TPSA) is 91.9 Å². The number of methoxy groups -OCH3 is 2. The quantitative estimate of drug-likeness (QED) is 0.378. The number of carbonyl (C=O) groups is 2. The van der Waals surface area contributed by atoms with Crippen molar-refractivity contribution in [3.63, 3.8) is 0 Å². The highest BCUT2D eigenvalue weighted by Gasteiger charge is 2.22. The minimum absolute atomic E-state index is 0.182. The Labute approximate surface area is 218 Å². The van der Waals surface area contributed by atoms with Crippen molar-refractivity contribution in [2.45, 2.75) is 26.3 Å². The van der Waals surface area contributed by atoms with Crippen LogP contribution in [0.5, 0.6) is 11.5 Å². The van der Waals surface area contributed by atoms with Crippen LogP contribution in [-0.2, 0) is 6.54 Å². The standard InChI is InChI=1S/C29H34N4O4/c1-20-13-15-33(16-14-20)26-12-9-22(17-24(26)28(34)30-19-21-7-5-4-6-8-21)31-29(35)32-25-11-10-23(36-2)18-27(25)37-3/h4-12,17-18,20H,13-16,19H2,1-3H3,(H,30,34)(H2,31,32,35). The average Bonchev–Trinajstić information content (AvgIpc) is 2.93. The Morgan fingerprint density at radius 1 is 0.919 bits per heavy atom. The average molecular weight is 503 g/mol. The van der Waals surface area contributed by atoms with Crippen LogP contribution in [0.3, 0.4) is 0 Å². The molecule has 0 aliphatic carbocycles. The van der Waals surface area contributed by atoms with Gasteiger partial charge in [-0.1, -0.05) is 37.3 Å². The van der Waals surface area contributed by atoms with E-state index in [9.17, 15) is 9.59 Å². The van der Waals surface area contributed by atoms with Crippen molar-refractivity contribution in [1.82, 2.24) is 5.32 Å². The Hall–Kier alpha value is -4.20. The van der Waals surface area contributed by atoms with Gasteiger partial charge in [0, 0.05) is 37.1 Å². The summed E-state index contributed by atoms with van der Waals surface area (Å²) in [7, 11) is 3.09. The molecule has 1 heterocycles. The van der Waals surface area contributed by atoms with Crippen molar-refractivity contribution in [1.29, 1.82) is 0 Å². The van der Waals surface area contributed by atoms with E-state index in [0.29, 0.717) is 40.9 Å². The first kappa shape index (κ1) is 25.9. The lowest BCUT2D eigenvalue weighted by Crippen LogP contribution is -2.35. The Morgan fingerprint density at radius 3 is 2.38 bits per heavy atom. The number of hydrogen-bond acceptors (Lipinski definition) is 5. The van der Waals surface area contributed by atoms with Crippen molar-refractivity contribution in [2.75, 3.05) is 42.8 Å². The summed E-state index contributed by atoms with van der Waals surface area (Å²) in [5, 5.41) is 8.67. The third kappa shape index (κ3) is 6.73. The number of nitrogens with zero attached hydrogens (tertiary/aromatic N) is 1. The molecule has 194 valence electrons. The van der Waals surface area contributed by atoms with E-state index in [1.54, 1.807) is 31.4 Å². The molecule has 0 aromatic heterocycles. The molecule has 0 radical (unpaired) electrons. The predicted octanol–water partition coefficient (Wildman–Crippen LogP) is 5.51. The Kier molecular flexibility index (Phi) is 8.51.